The summed E-state index contributed by atoms with van der Waals surface area (Å²) in [6.07, 6.45) is 4.15. The van der Waals surface area contributed by atoms with E-state index in [1.165, 1.54) is 12.1 Å². The molecule has 7 heteroatoms. The first kappa shape index (κ1) is 20.9. The van der Waals surface area contributed by atoms with E-state index >= 15 is 0 Å². The molecule has 0 radical (unpaired) electrons. The van der Waals surface area contributed by atoms with E-state index in [1.54, 1.807) is 30.3 Å². The predicted molar refractivity (Wildman–Crippen MR) is 113 cm³/mol. The van der Waals surface area contributed by atoms with E-state index in [0.29, 0.717) is 25.4 Å². The van der Waals surface area contributed by atoms with Crippen molar-refractivity contribution in [3.63, 3.8) is 0 Å². The molecule has 0 bridgehead atoms. The van der Waals surface area contributed by atoms with E-state index in [4.69, 9.17) is 13.9 Å². The second-order valence-electron chi connectivity index (χ2n) is 7.59. The number of para-hydroxylation sites is 1. The highest BCUT2D eigenvalue weighted by Crippen LogP contribution is 2.27. The Morgan fingerprint density at radius 1 is 1.23 bits per heavy atom. The highest BCUT2D eigenvalue weighted by molar-refractivity contribution is 5.78. The van der Waals surface area contributed by atoms with Gasteiger partial charge in [-0.15, -0.1) is 0 Å². The van der Waals surface area contributed by atoms with Crippen LogP contribution >= 0.6 is 0 Å². The average molecular weight is 424 g/mol. The van der Waals surface area contributed by atoms with Gasteiger partial charge in [0.05, 0.1) is 19.2 Å². The zero-order valence-electron chi connectivity index (χ0n) is 17.4. The fourth-order valence-corrected chi connectivity index (χ4v) is 3.74. The highest BCUT2D eigenvalue weighted by atomic mass is 19.1. The Kier molecular flexibility index (Phi) is 6.50. The van der Waals surface area contributed by atoms with Crippen molar-refractivity contribution in [3.05, 3.63) is 77.8 Å². The third-order valence-corrected chi connectivity index (χ3v) is 5.42. The molecule has 1 aromatic heterocycles. The summed E-state index contributed by atoms with van der Waals surface area (Å²) in [6, 6.07) is 13.9. The monoisotopic (exact) mass is 424 g/mol. The largest absolute Gasteiger partial charge is 0.497 e. The number of oxazole rings is 1. The fourth-order valence-electron chi connectivity index (χ4n) is 3.74. The number of likely N-dealkylation sites (tertiary alicyclic amines) is 1. The van der Waals surface area contributed by atoms with E-state index < -0.39 is 5.82 Å². The standard InChI is InChI=1S/C24H25FN2O4/c1-29-19-10-8-17(9-11-19)13-20-14-26-24(31-20)18-5-4-12-27(15-18)23(28)16-30-22-7-3-2-6-21(22)25/h2-3,6-11,14,18H,4-5,12-13,15-16H2,1H3. The lowest BCUT2D eigenvalue weighted by molar-refractivity contribution is -0.134. The van der Waals surface area contributed by atoms with E-state index in [1.807, 2.05) is 24.3 Å². The summed E-state index contributed by atoms with van der Waals surface area (Å²) in [5.41, 5.74) is 1.11. The Morgan fingerprint density at radius 3 is 2.81 bits per heavy atom. The summed E-state index contributed by atoms with van der Waals surface area (Å²) in [7, 11) is 1.64. The van der Waals surface area contributed by atoms with Crippen molar-refractivity contribution in [1.82, 2.24) is 9.88 Å². The zero-order valence-corrected chi connectivity index (χ0v) is 17.4. The van der Waals surface area contributed by atoms with Crippen LogP contribution in [-0.4, -0.2) is 42.6 Å². The summed E-state index contributed by atoms with van der Waals surface area (Å²) in [4.78, 5) is 18.8. The molecule has 1 unspecified atom stereocenters. The number of piperidine rings is 1. The van der Waals surface area contributed by atoms with Crippen LogP contribution in [0.4, 0.5) is 4.39 Å². The van der Waals surface area contributed by atoms with Crippen LogP contribution in [0.1, 0.15) is 36.0 Å². The minimum absolute atomic E-state index is 0.0378. The Bertz CT molecular complexity index is 1020. The Hall–Kier alpha value is -3.35. The molecule has 1 atom stereocenters. The SMILES string of the molecule is COc1ccc(Cc2cnc(C3CCCN(C(=O)COc4ccccc4F)C3)o2)cc1. The Labute approximate surface area is 180 Å². The van der Waals surface area contributed by atoms with Gasteiger partial charge in [-0.05, 0) is 42.7 Å². The Balaban J connectivity index is 1.34. The molecular formula is C24H25FN2O4. The van der Waals surface area contributed by atoms with E-state index in [9.17, 15) is 9.18 Å². The van der Waals surface area contributed by atoms with Gasteiger partial charge in [-0.3, -0.25) is 4.79 Å². The number of aromatic nitrogens is 1. The number of nitrogens with zero attached hydrogens (tertiary/aromatic N) is 2. The molecule has 3 aromatic rings. The van der Waals surface area contributed by atoms with Crippen LogP contribution in [0.5, 0.6) is 11.5 Å². The van der Waals surface area contributed by atoms with Crippen LogP contribution in [0.25, 0.3) is 0 Å². The second kappa shape index (κ2) is 9.64. The summed E-state index contributed by atoms with van der Waals surface area (Å²) in [6.45, 7) is 0.972. The van der Waals surface area contributed by atoms with Crippen molar-refractivity contribution in [3.8, 4) is 11.5 Å². The number of ether oxygens (including phenoxy) is 2. The molecule has 0 saturated carbocycles. The summed E-state index contributed by atoms with van der Waals surface area (Å²) >= 11 is 0. The molecular weight excluding hydrogens is 399 g/mol. The molecule has 4 rings (SSSR count). The van der Waals surface area contributed by atoms with Crippen LogP contribution < -0.4 is 9.47 Å². The summed E-state index contributed by atoms with van der Waals surface area (Å²) in [5.74, 6) is 1.72. The number of rotatable bonds is 7. The number of carbonyl (C=O) groups is 1. The molecule has 0 spiro atoms. The minimum atomic E-state index is -0.476. The van der Waals surface area contributed by atoms with Gasteiger partial charge in [-0.2, -0.15) is 0 Å². The lowest BCUT2D eigenvalue weighted by Gasteiger charge is -2.31. The summed E-state index contributed by atoms with van der Waals surface area (Å²) in [5, 5.41) is 0. The first-order valence-electron chi connectivity index (χ1n) is 10.3. The number of benzene rings is 2. The van der Waals surface area contributed by atoms with Crippen LogP contribution in [0.2, 0.25) is 0 Å². The molecule has 0 N–H and O–H groups in total. The first-order chi connectivity index (χ1) is 15.1. The van der Waals surface area contributed by atoms with Crippen LogP contribution in [-0.2, 0) is 11.2 Å². The molecule has 1 aliphatic rings. The number of carbonyl (C=O) groups excluding carboxylic acids is 1. The zero-order chi connectivity index (χ0) is 21.6. The van der Waals surface area contributed by atoms with Gasteiger partial charge in [0.15, 0.2) is 24.1 Å². The van der Waals surface area contributed by atoms with Crippen LogP contribution in [0, 0.1) is 5.82 Å². The van der Waals surface area contributed by atoms with Crippen molar-refractivity contribution in [2.24, 2.45) is 0 Å². The van der Waals surface area contributed by atoms with Gasteiger partial charge in [0.1, 0.15) is 11.5 Å². The van der Waals surface area contributed by atoms with Gasteiger partial charge in [-0.25, -0.2) is 9.37 Å². The molecule has 6 nitrogen and oxygen atoms in total. The minimum Gasteiger partial charge on any atom is -0.497 e. The molecule has 1 fully saturated rings. The maximum Gasteiger partial charge on any atom is 0.260 e. The number of halogens is 1. The summed E-state index contributed by atoms with van der Waals surface area (Å²) < 4.78 is 30.2. The molecule has 1 aliphatic heterocycles. The average Bonchev–Trinajstić information content (AvgIpc) is 3.27. The lowest BCUT2D eigenvalue weighted by Crippen LogP contribution is -2.41. The normalized spacial score (nSPS) is 16.2. The second-order valence-corrected chi connectivity index (χ2v) is 7.59. The fraction of sp³-hybridized carbons (Fsp3) is 0.333. The first-order valence-corrected chi connectivity index (χ1v) is 10.3. The van der Waals surface area contributed by atoms with Gasteiger partial charge in [0.2, 0.25) is 0 Å². The third-order valence-electron chi connectivity index (χ3n) is 5.42. The molecule has 1 amide bonds. The van der Waals surface area contributed by atoms with Crippen LogP contribution in [0.3, 0.4) is 0 Å². The maximum absolute atomic E-state index is 13.7. The quantitative estimate of drug-likeness (QED) is 0.569. The van der Waals surface area contributed by atoms with Gasteiger partial charge in [0.25, 0.3) is 5.91 Å². The topological polar surface area (TPSA) is 64.8 Å². The van der Waals surface area contributed by atoms with Gasteiger partial charge in [-0.1, -0.05) is 24.3 Å². The van der Waals surface area contributed by atoms with Gasteiger partial charge in [0, 0.05) is 19.5 Å². The lowest BCUT2D eigenvalue weighted by atomic mass is 9.98. The highest BCUT2D eigenvalue weighted by Gasteiger charge is 2.28. The van der Waals surface area contributed by atoms with Crippen molar-refractivity contribution in [1.29, 1.82) is 0 Å². The van der Waals surface area contributed by atoms with Gasteiger partial charge < -0.3 is 18.8 Å². The number of methoxy groups -OCH3 is 1. The number of hydrogen-bond acceptors (Lipinski definition) is 5. The molecule has 31 heavy (non-hydrogen) atoms. The van der Waals surface area contributed by atoms with Gasteiger partial charge >= 0.3 is 0 Å². The maximum atomic E-state index is 13.7. The molecule has 2 aromatic carbocycles. The number of hydrogen-bond donors (Lipinski definition) is 0. The number of amides is 1. The molecule has 0 aliphatic carbocycles. The van der Waals surface area contributed by atoms with E-state index in [-0.39, 0.29) is 24.2 Å². The van der Waals surface area contributed by atoms with E-state index in [2.05, 4.69) is 4.98 Å². The van der Waals surface area contributed by atoms with Crippen molar-refractivity contribution in [2.45, 2.75) is 25.2 Å². The molecule has 2 heterocycles. The smallest absolute Gasteiger partial charge is 0.260 e. The van der Waals surface area contributed by atoms with E-state index in [0.717, 1.165) is 29.9 Å². The predicted octanol–water partition coefficient (Wildman–Crippen LogP) is 4.20. The molecule has 1 saturated heterocycles. The Morgan fingerprint density at radius 2 is 2.03 bits per heavy atom. The van der Waals surface area contributed by atoms with Crippen molar-refractivity contribution < 1.29 is 23.1 Å². The van der Waals surface area contributed by atoms with Crippen LogP contribution in [0.15, 0.2) is 59.1 Å². The molecule has 162 valence electrons. The van der Waals surface area contributed by atoms with Crippen molar-refractivity contribution in [2.75, 3.05) is 26.8 Å². The third kappa shape index (κ3) is 5.23. The van der Waals surface area contributed by atoms with Crippen molar-refractivity contribution >= 4 is 5.91 Å².